The molecule has 0 radical (unpaired) electrons. The van der Waals surface area contributed by atoms with E-state index >= 15 is 0 Å². The van der Waals surface area contributed by atoms with Crippen LogP contribution in [0, 0.1) is 52.1 Å². The average Bonchev–Trinajstić information content (AvgIpc) is 3.36. The predicted molar refractivity (Wildman–Crippen MR) is 119 cm³/mol. The molecule has 0 aromatic heterocycles. The van der Waals surface area contributed by atoms with Crippen molar-refractivity contribution in [3.05, 3.63) is 54.3 Å². The molecule has 170 valence electrons. The number of azo groups is 1. The molecule has 32 heavy (non-hydrogen) atoms. The normalized spacial score (nSPS) is 28.5. The maximum Gasteiger partial charge on any atom is 0.229 e. The Morgan fingerprint density at radius 3 is 2.59 bits per heavy atom. The second-order valence-electron chi connectivity index (χ2n) is 9.30. The summed E-state index contributed by atoms with van der Waals surface area (Å²) in [5.74, 6) is -1.50. The summed E-state index contributed by atoms with van der Waals surface area (Å²) in [6.07, 6.45) is 5.09. The minimum atomic E-state index is -0.754. The van der Waals surface area contributed by atoms with Crippen LogP contribution in [0.2, 0.25) is 0 Å². The second-order valence-corrected chi connectivity index (χ2v) is 9.30. The maximum absolute atomic E-state index is 14.6. The highest BCUT2D eigenvalue weighted by Crippen LogP contribution is 2.52. The lowest BCUT2D eigenvalue weighted by Crippen LogP contribution is -2.44. The van der Waals surface area contributed by atoms with Crippen molar-refractivity contribution >= 4 is 11.6 Å². The molecule has 3 rings (SSSR count). The minimum Gasteiger partial charge on any atom is -0.341 e. The van der Waals surface area contributed by atoms with Crippen LogP contribution in [-0.2, 0) is 4.79 Å². The Hall–Kier alpha value is -2.88. The number of nitrogens with zero attached hydrogens (tertiary/aromatic N) is 4. The zero-order valence-corrected chi connectivity index (χ0v) is 18.9. The number of hydrogen-bond donors (Lipinski definition) is 0. The Morgan fingerprint density at radius 2 is 2.03 bits per heavy atom. The van der Waals surface area contributed by atoms with Crippen molar-refractivity contribution in [3.63, 3.8) is 0 Å². The molecule has 1 aromatic carbocycles. The van der Waals surface area contributed by atoms with Gasteiger partial charge in [-0.15, -0.1) is 0 Å². The highest BCUT2D eigenvalue weighted by Gasteiger charge is 2.52. The van der Waals surface area contributed by atoms with E-state index in [9.17, 15) is 18.8 Å². The average molecular weight is 441 g/mol. The number of hydrogen-bond acceptors (Lipinski definition) is 4. The summed E-state index contributed by atoms with van der Waals surface area (Å²) in [4.78, 5) is 15.4. The fourth-order valence-electron chi connectivity index (χ4n) is 5.18. The monoisotopic (exact) mass is 440 g/mol. The molecule has 2 aliphatic rings. The van der Waals surface area contributed by atoms with Crippen LogP contribution in [0.1, 0.15) is 45.6 Å². The third-order valence-corrected chi connectivity index (χ3v) is 7.00. The van der Waals surface area contributed by atoms with Crippen molar-refractivity contribution in [1.82, 2.24) is 4.90 Å². The Labute approximate surface area is 188 Å². The van der Waals surface area contributed by atoms with E-state index in [4.69, 9.17) is 0 Å². The van der Waals surface area contributed by atoms with E-state index in [2.05, 4.69) is 36.7 Å². The molecule has 0 bridgehead atoms. The van der Waals surface area contributed by atoms with Gasteiger partial charge in [-0.3, -0.25) is 4.79 Å². The maximum atomic E-state index is 14.6. The van der Waals surface area contributed by atoms with Crippen LogP contribution < -0.4 is 0 Å². The fourth-order valence-corrected chi connectivity index (χ4v) is 5.18. The van der Waals surface area contributed by atoms with Gasteiger partial charge in [0.25, 0.3) is 0 Å². The van der Waals surface area contributed by atoms with E-state index in [1.165, 1.54) is 24.4 Å². The Bertz CT molecular complexity index is 960. The van der Waals surface area contributed by atoms with Gasteiger partial charge in [0.15, 0.2) is 0 Å². The van der Waals surface area contributed by atoms with E-state index in [0.717, 1.165) is 6.42 Å². The molecule has 1 aromatic rings. The van der Waals surface area contributed by atoms with Gasteiger partial charge in [0.2, 0.25) is 5.91 Å². The summed E-state index contributed by atoms with van der Waals surface area (Å²) >= 11 is 0. The van der Waals surface area contributed by atoms with Gasteiger partial charge in [-0.1, -0.05) is 39.5 Å². The molecule has 1 aliphatic heterocycles. The van der Waals surface area contributed by atoms with Gasteiger partial charge in [0.05, 0.1) is 28.7 Å². The number of benzene rings is 1. The lowest BCUT2D eigenvalue weighted by Gasteiger charge is -2.35. The number of nitriles is 1. The van der Waals surface area contributed by atoms with Gasteiger partial charge < -0.3 is 4.90 Å². The summed E-state index contributed by atoms with van der Waals surface area (Å²) in [5.41, 5.74) is -0.947. The minimum absolute atomic E-state index is 0.00587. The van der Waals surface area contributed by atoms with Crippen molar-refractivity contribution in [2.45, 2.75) is 40.0 Å². The summed E-state index contributed by atoms with van der Waals surface area (Å²) < 4.78 is 29.2. The first-order chi connectivity index (χ1) is 15.2. The topological polar surface area (TPSA) is 68.8 Å². The molecular formula is C25H30F2N4O. The number of likely N-dealkylation sites (tertiary alicyclic amines) is 1. The highest BCUT2D eigenvalue weighted by atomic mass is 19.1. The Kier molecular flexibility index (Phi) is 7.22. The Morgan fingerprint density at radius 1 is 1.34 bits per heavy atom. The first-order valence-corrected chi connectivity index (χ1v) is 11.1. The lowest BCUT2D eigenvalue weighted by atomic mass is 9.72. The van der Waals surface area contributed by atoms with Crippen molar-refractivity contribution in [2.24, 2.45) is 39.3 Å². The first kappa shape index (κ1) is 23.8. The smallest absolute Gasteiger partial charge is 0.229 e. The SMILES string of the molecule is C=CN=N/C(=C\C1[C@H](C(C)C)CC[C@]1(C)C(=O)N1CCC(C#N)C1)c1c(F)cccc1F. The third kappa shape index (κ3) is 4.50. The number of allylic oxidation sites excluding steroid dienone is 1. The van der Waals surface area contributed by atoms with Gasteiger partial charge in [-0.25, -0.2) is 8.78 Å². The molecular weight excluding hydrogens is 410 g/mol. The first-order valence-electron chi connectivity index (χ1n) is 11.1. The van der Waals surface area contributed by atoms with Crippen molar-refractivity contribution in [1.29, 1.82) is 5.26 Å². The van der Waals surface area contributed by atoms with E-state index in [1.54, 1.807) is 11.0 Å². The van der Waals surface area contributed by atoms with Crippen LogP contribution in [0.5, 0.6) is 0 Å². The predicted octanol–water partition coefficient (Wildman–Crippen LogP) is 5.96. The van der Waals surface area contributed by atoms with E-state index in [-0.39, 0.29) is 40.8 Å². The summed E-state index contributed by atoms with van der Waals surface area (Å²) in [7, 11) is 0. The van der Waals surface area contributed by atoms with Crippen molar-refractivity contribution in [3.8, 4) is 6.07 Å². The molecule has 0 spiro atoms. The summed E-state index contributed by atoms with van der Waals surface area (Å²) in [6, 6.07) is 5.92. The summed E-state index contributed by atoms with van der Waals surface area (Å²) in [6.45, 7) is 10.6. The highest BCUT2D eigenvalue weighted by molar-refractivity contribution is 5.84. The molecule has 2 unspecified atom stereocenters. The molecule has 1 heterocycles. The third-order valence-electron chi connectivity index (χ3n) is 7.00. The molecule has 4 atom stereocenters. The zero-order chi connectivity index (χ0) is 23.5. The van der Waals surface area contributed by atoms with E-state index < -0.39 is 17.0 Å². The van der Waals surface area contributed by atoms with Gasteiger partial charge in [-0.05, 0) is 49.1 Å². The van der Waals surface area contributed by atoms with Gasteiger partial charge in [-0.2, -0.15) is 15.5 Å². The van der Waals surface area contributed by atoms with Crippen LogP contribution in [0.4, 0.5) is 8.78 Å². The number of carbonyl (C=O) groups excluding carboxylic acids is 1. The van der Waals surface area contributed by atoms with Gasteiger partial charge in [0.1, 0.15) is 11.6 Å². The molecule has 1 amide bonds. The van der Waals surface area contributed by atoms with Crippen LogP contribution in [0.15, 0.2) is 47.3 Å². The largest absolute Gasteiger partial charge is 0.341 e. The number of halogens is 2. The molecule has 5 nitrogen and oxygen atoms in total. The molecule has 1 saturated carbocycles. The van der Waals surface area contributed by atoms with Gasteiger partial charge >= 0.3 is 0 Å². The second kappa shape index (κ2) is 9.72. The quantitative estimate of drug-likeness (QED) is 0.512. The van der Waals surface area contributed by atoms with Crippen LogP contribution >= 0.6 is 0 Å². The van der Waals surface area contributed by atoms with Gasteiger partial charge in [0, 0.05) is 19.3 Å². The number of carbonyl (C=O) groups is 1. The number of amides is 1. The standard InChI is InChI=1S/C25H30F2N4O/c1-5-29-30-22(23-20(26)7-6-8-21(23)27)13-19-18(16(2)3)9-11-25(19,4)24(32)31-12-10-17(14-28)15-31/h5-8,13,16-19H,1,9-12,15H2,2-4H3/b22-13-,30-29?/t17?,18-,19?,25-/m0/s1. The van der Waals surface area contributed by atoms with Crippen molar-refractivity contribution in [2.75, 3.05) is 13.1 Å². The zero-order valence-electron chi connectivity index (χ0n) is 18.9. The molecule has 7 heteroatoms. The van der Waals surface area contributed by atoms with Crippen LogP contribution in [-0.4, -0.2) is 23.9 Å². The molecule has 2 fully saturated rings. The van der Waals surface area contributed by atoms with E-state index in [1.807, 2.05) is 6.92 Å². The van der Waals surface area contributed by atoms with Crippen LogP contribution in [0.25, 0.3) is 5.70 Å². The fraction of sp³-hybridized carbons (Fsp3) is 0.520. The molecule has 0 N–H and O–H groups in total. The Balaban J connectivity index is 2.08. The lowest BCUT2D eigenvalue weighted by molar-refractivity contribution is -0.141. The van der Waals surface area contributed by atoms with Crippen molar-refractivity contribution < 1.29 is 13.6 Å². The summed E-state index contributed by atoms with van der Waals surface area (Å²) in [5, 5.41) is 17.1. The number of rotatable bonds is 6. The molecule has 1 saturated heterocycles. The van der Waals surface area contributed by atoms with E-state index in [0.29, 0.717) is 25.9 Å². The van der Waals surface area contributed by atoms with Crippen LogP contribution in [0.3, 0.4) is 0 Å². The molecule has 1 aliphatic carbocycles.